The van der Waals surface area contributed by atoms with E-state index in [0.717, 1.165) is 17.7 Å². The zero-order valence-corrected chi connectivity index (χ0v) is 10.9. The Morgan fingerprint density at radius 3 is 2.61 bits per heavy atom. The van der Waals surface area contributed by atoms with E-state index in [-0.39, 0.29) is 4.90 Å². The van der Waals surface area contributed by atoms with Crippen LogP contribution in [0.5, 0.6) is 0 Å². The number of rotatable bonds is 3. The van der Waals surface area contributed by atoms with Gasteiger partial charge in [-0.15, -0.1) is 11.8 Å². The number of hydrogen-bond donors (Lipinski definition) is 1. The molecule has 0 unspecified atom stereocenters. The minimum Gasteiger partial charge on any atom is -0.398 e. The number of nitrogen functional groups attached to an aromatic ring is 1. The minimum atomic E-state index is -0.456. The third-order valence-corrected chi connectivity index (χ3v) is 3.70. The topological polar surface area (TPSA) is 26.0 Å². The van der Waals surface area contributed by atoms with Crippen LogP contribution in [0, 0.1) is 11.6 Å². The first-order chi connectivity index (χ1) is 8.56. The second kappa shape index (κ2) is 5.59. The van der Waals surface area contributed by atoms with Crippen molar-refractivity contribution in [2.75, 3.05) is 5.73 Å². The van der Waals surface area contributed by atoms with Crippen LogP contribution in [-0.4, -0.2) is 0 Å². The summed E-state index contributed by atoms with van der Waals surface area (Å²) in [6.45, 7) is 0. The largest absolute Gasteiger partial charge is 0.398 e. The Morgan fingerprint density at radius 1 is 1.11 bits per heavy atom. The maximum atomic E-state index is 13.4. The highest BCUT2D eigenvalue weighted by Gasteiger charge is 2.06. The monoisotopic (exact) mass is 285 g/mol. The summed E-state index contributed by atoms with van der Waals surface area (Å²) in [5.74, 6) is -0.430. The first-order valence-corrected chi connectivity index (χ1v) is 6.54. The molecule has 0 aliphatic heterocycles. The molecule has 2 N–H and O–H groups in total. The van der Waals surface area contributed by atoms with Crippen LogP contribution in [-0.2, 0) is 5.75 Å². The molecule has 2 aromatic carbocycles. The standard InChI is InChI=1S/C13H10ClF2NS/c14-9-2-1-8(12(17)5-9)7-18-13-6-10(15)3-4-11(13)16/h1-6H,7,17H2. The molecule has 1 nitrogen and oxygen atoms in total. The van der Waals surface area contributed by atoms with Crippen molar-refractivity contribution >= 4 is 29.1 Å². The molecule has 5 heteroatoms. The summed E-state index contributed by atoms with van der Waals surface area (Å²) in [5, 5.41) is 0.554. The molecule has 2 aromatic rings. The molecule has 94 valence electrons. The van der Waals surface area contributed by atoms with E-state index in [2.05, 4.69) is 0 Å². The highest BCUT2D eigenvalue weighted by atomic mass is 35.5. The van der Waals surface area contributed by atoms with Gasteiger partial charge in [0.05, 0.1) is 0 Å². The second-order valence-corrected chi connectivity index (χ2v) is 5.16. The zero-order chi connectivity index (χ0) is 13.1. The van der Waals surface area contributed by atoms with E-state index in [1.807, 2.05) is 0 Å². The van der Waals surface area contributed by atoms with Gasteiger partial charge in [0.1, 0.15) is 11.6 Å². The fourth-order valence-electron chi connectivity index (χ4n) is 1.44. The van der Waals surface area contributed by atoms with Gasteiger partial charge in [0.15, 0.2) is 0 Å². The average molecular weight is 286 g/mol. The molecule has 0 atom stereocenters. The normalized spacial score (nSPS) is 10.6. The molecule has 0 aliphatic rings. The molecule has 0 fully saturated rings. The van der Waals surface area contributed by atoms with Crippen LogP contribution < -0.4 is 5.73 Å². The lowest BCUT2D eigenvalue weighted by Crippen LogP contribution is -1.93. The summed E-state index contributed by atoms with van der Waals surface area (Å²) in [6.07, 6.45) is 0. The van der Waals surface area contributed by atoms with Crippen molar-refractivity contribution in [3.8, 4) is 0 Å². The van der Waals surface area contributed by atoms with Crippen LogP contribution in [0.25, 0.3) is 0 Å². The van der Waals surface area contributed by atoms with Crippen LogP contribution in [0.2, 0.25) is 5.02 Å². The number of thioether (sulfide) groups is 1. The zero-order valence-electron chi connectivity index (χ0n) is 9.29. The quantitative estimate of drug-likeness (QED) is 0.664. The van der Waals surface area contributed by atoms with E-state index in [1.54, 1.807) is 18.2 Å². The van der Waals surface area contributed by atoms with Gasteiger partial charge in [-0.3, -0.25) is 0 Å². The Labute approximate surface area is 113 Å². The lowest BCUT2D eigenvalue weighted by Gasteiger charge is -2.07. The molecule has 0 saturated carbocycles. The summed E-state index contributed by atoms with van der Waals surface area (Å²) in [6, 6.07) is 8.52. The van der Waals surface area contributed by atoms with Gasteiger partial charge >= 0.3 is 0 Å². The predicted octanol–water partition coefficient (Wildman–Crippen LogP) is 4.49. The van der Waals surface area contributed by atoms with Gasteiger partial charge < -0.3 is 5.73 Å². The van der Waals surface area contributed by atoms with Gasteiger partial charge in [0.25, 0.3) is 0 Å². The highest BCUT2D eigenvalue weighted by molar-refractivity contribution is 7.98. The second-order valence-electron chi connectivity index (χ2n) is 3.71. The fraction of sp³-hybridized carbons (Fsp3) is 0.0769. The Morgan fingerprint density at radius 2 is 1.89 bits per heavy atom. The Kier molecular flexibility index (Phi) is 4.09. The van der Waals surface area contributed by atoms with E-state index < -0.39 is 11.6 Å². The Balaban J connectivity index is 2.13. The van der Waals surface area contributed by atoms with E-state index in [9.17, 15) is 8.78 Å². The first kappa shape index (κ1) is 13.2. The summed E-state index contributed by atoms with van der Waals surface area (Å²) >= 11 is 6.98. The van der Waals surface area contributed by atoms with E-state index in [0.29, 0.717) is 16.5 Å². The molecule has 0 amide bonds. The van der Waals surface area contributed by atoms with Crippen molar-refractivity contribution in [1.29, 1.82) is 0 Å². The molecule has 0 radical (unpaired) electrons. The number of nitrogens with two attached hydrogens (primary N) is 1. The number of benzene rings is 2. The molecular formula is C13H10ClF2NS. The molecule has 0 spiro atoms. The summed E-state index contributed by atoms with van der Waals surface area (Å²) < 4.78 is 26.4. The van der Waals surface area contributed by atoms with Gasteiger partial charge in [-0.1, -0.05) is 17.7 Å². The van der Waals surface area contributed by atoms with Crippen molar-refractivity contribution in [3.63, 3.8) is 0 Å². The van der Waals surface area contributed by atoms with Gasteiger partial charge in [-0.2, -0.15) is 0 Å². The number of anilines is 1. The van der Waals surface area contributed by atoms with E-state index >= 15 is 0 Å². The molecule has 0 aromatic heterocycles. The van der Waals surface area contributed by atoms with Gasteiger partial charge in [0, 0.05) is 21.4 Å². The maximum absolute atomic E-state index is 13.4. The summed E-state index contributed by atoms with van der Waals surface area (Å²) in [7, 11) is 0. The van der Waals surface area contributed by atoms with Crippen molar-refractivity contribution in [3.05, 3.63) is 58.6 Å². The number of halogens is 3. The summed E-state index contributed by atoms with van der Waals surface area (Å²) in [4.78, 5) is 0.268. The smallest absolute Gasteiger partial charge is 0.136 e. The SMILES string of the molecule is Nc1cc(Cl)ccc1CSc1cc(F)ccc1F. The van der Waals surface area contributed by atoms with Crippen molar-refractivity contribution in [2.24, 2.45) is 0 Å². The van der Waals surface area contributed by atoms with Gasteiger partial charge in [-0.05, 0) is 35.9 Å². The first-order valence-electron chi connectivity index (χ1n) is 5.18. The van der Waals surface area contributed by atoms with Crippen LogP contribution in [0.3, 0.4) is 0 Å². The van der Waals surface area contributed by atoms with Crippen LogP contribution in [0.15, 0.2) is 41.3 Å². The third-order valence-electron chi connectivity index (χ3n) is 2.38. The predicted molar refractivity (Wildman–Crippen MR) is 71.8 cm³/mol. The highest BCUT2D eigenvalue weighted by Crippen LogP contribution is 2.29. The van der Waals surface area contributed by atoms with E-state index in [1.165, 1.54) is 17.8 Å². The van der Waals surface area contributed by atoms with Crippen LogP contribution in [0.4, 0.5) is 14.5 Å². The third kappa shape index (κ3) is 3.15. The van der Waals surface area contributed by atoms with Gasteiger partial charge in [0.2, 0.25) is 0 Å². The Hall–Kier alpha value is -1.26. The molecule has 0 aliphatic carbocycles. The lowest BCUT2D eigenvalue weighted by molar-refractivity contribution is 0.577. The average Bonchev–Trinajstić information content (AvgIpc) is 2.32. The van der Waals surface area contributed by atoms with Crippen molar-refractivity contribution in [2.45, 2.75) is 10.6 Å². The number of hydrogen-bond acceptors (Lipinski definition) is 2. The van der Waals surface area contributed by atoms with E-state index in [4.69, 9.17) is 17.3 Å². The van der Waals surface area contributed by atoms with Crippen LogP contribution >= 0.6 is 23.4 Å². The van der Waals surface area contributed by atoms with Crippen molar-refractivity contribution in [1.82, 2.24) is 0 Å². The van der Waals surface area contributed by atoms with Gasteiger partial charge in [-0.25, -0.2) is 8.78 Å². The Bertz CT molecular complexity index is 575. The molecular weight excluding hydrogens is 276 g/mol. The molecule has 2 rings (SSSR count). The summed E-state index contributed by atoms with van der Waals surface area (Å²) in [5.41, 5.74) is 7.18. The molecule has 0 bridgehead atoms. The van der Waals surface area contributed by atoms with Crippen molar-refractivity contribution < 1.29 is 8.78 Å². The minimum absolute atomic E-state index is 0.268. The molecule has 18 heavy (non-hydrogen) atoms. The molecule has 0 heterocycles. The lowest BCUT2D eigenvalue weighted by atomic mass is 10.2. The molecule has 0 saturated heterocycles. The van der Waals surface area contributed by atoms with Crippen LogP contribution in [0.1, 0.15) is 5.56 Å². The maximum Gasteiger partial charge on any atom is 0.136 e. The fourth-order valence-corrected chi connectivity index (χ4v) is 2.60.